The Morgan fingerprint density at radius 3 is 2.70 bits per heavy atom. The molecule has 0 amide bonds. The first-order chi connectivity index (χ1) is 9.27. The van der Waals surface area contributed by atoms with E-state index in [-0.39, 0.29) is 4.90 Å². The fraction of sp³-hybridized carbons (Fsp3) is 0.538. The van der Waals surface area contributed by atoms with Crippen molar-refractivity contribution in [3.63, 3.8) is 0 Å². The number of likely N-dealkylation sites (tertiary alicyclic amines) is 1. The first-order valence-electron chi connectivity index (χ1n) is 6.59. The molecular formula is C13H22N4O2S. The second kappa shape index (κ2) is 5.59. The predicted molar refractivity (Wildman–Crippen MR) is 81.1 cm³/mol. The van der Waals surface area contributed by atoms with Gasteiger partial charge in [0.15, 0.2) is 0 Å². The van der Waals surface area contributed by atoms with Gasteiger partial charge in [0, 0.05) is 20.1 Å². The lowest BCUT2D eigenvalue weighted by atomic mass is 10.1. The largest absolute Gasteiger partial charge is 0.397 e. The lowest BCUT2D eigenvalue weighted by molar-refractivity contribution is 0.396. The molecule has 0 bridgehead atoms. The van der Waals surface area contributed by atoms with E-state index in [4.69, 9.17) is 10.9 Å². The summed E-state index contributed by atoms with van der Waals surface area (Å²) < 4.78 is 22.8. The van der Waals surface area contributed by atoms with Gasteiger partial charge in [-0.25, -0.2) is 13.6 Å². The highest BCUT2D eigenvalue weighted by molar-refractivity contribution is 7.89. The summed E-state index contributed by atoms with van der Waals surface area (Å²) >= 11 is 0. The summed E-state index contributed by atoms with van der Waals surface area (Å²) in [7, 11) is 0.333. The quantitative estimate of drug-likeness (QED) is 0.780. The van der Waals surface area contributed by atoms with E-state index in [0.29, 0.717) is 17.3 Å². The van der Waals surface area contributed by atoms with Gasteiger partial charge in [0.25, 0.3) is 0 Å². The van der Waals surface area contributed by atoms with Crippen molar-refractivity contribution in [2.45, 2.75) is 11.3 Å². The Labute approximate surface area is 120 Å². The van der Waals surface area contributed by atoms with E-state index >= 15 is 0 Å². The Balaban J connectivity index is 2.18. The summed E-state index contributed by atoms with van der Waals surface area (Å²) in [5, 5.41) is 5.16. The monoisotopic (exact) mass is 298 g/mol. The van der Waals surface area contributed by atoms with Crippen LogP contribution in [0.5, 0.6) is 0 Å². The topological polar surface area (TPSA) is 92.7 Å². The molecule has 0 saturated carbocycles. The van der Waals surface area contributed by atoms with E-state index in [2.05, 4.69) is 11.9 Å². The van der Waals surface area contributed by atoms with Gasteiger partial charge in [-0.05, 0) is 44.1 Å². The van der Waals surface area contributed by atoms with Crippen LogP contribution < -0.4 is 15.8 Å². The Morgan fingerprint density at radius 2 is 2.15 bits per heavy atom. The zero-order valence-corrected chi connectivity index (χ0v) is 12.7. The summed E-state index contributed by atoms with van der Waals surface area (Å²) in [6, 6.07) is 4.57. The number of nitrogen functional groups attached to an aromatic ring is 1. The molecule has 1 saturated heterocycles. The van der Waals surface area contributed by atoms with Gasteiger partial charge in [0.05, 0.1) is 16.3 Å². The highest BCUT2D eigenvalue weighted by atomic mass is 32.2. The van der Waals surface area contributed by atoms with Crippen LogP contribution in [0.3, 0.4) is 0 Å². The van der Waals surface area contributed by atoms with Crippen LogP contribution in [0.1, 0.15) is 6.42 Å². The highest BCUT2D eigenvalue weighted by Crippen LogP contribution is 2.27. The molecule has 6 nitrogen and oxygen atoms in total. The average Bonchev–Trinajstić information content (AvgIpc) is 2.73. The number of hydrogen-bond acceptors (Lipinski definition) is 5. The maximum atomic E-state index is 11.4. The molecule has 1 aliphatic rings. The van der Waals surface area contributed by atoms with E-state index in [0.717, 1.165) is 26.1 Å². The molecule has 1 unspecified atom stereocenters. The van der Waals surface area contributed by atoms with Gasteiger partial charge in [-0.2, -0.15) is 0 Å². The number of rotatable bonds is 4. The van der Waals surface area contributed by atoms with E-state index < -0.39 is 10.0 Å². The van der Waals surface area contributed by atoms with Crippen molar-refractivity contribution < 1.29 is 8.42 Å². The lowest BCUT2D eigenvalue weighted by Crippen LogP contribution is -2.28. The first kappa shape index (κ1) is 15.1. The molecule has 1 aliphatic heterocycles. The van der Waals surface area contributed by atoms with Crippen molar-refractivity contribution in [1.29, 1.82) is 0 Å². The maximum Gasteiger partial charge on any atom is 0.238 e. The van der Waals surface area contributed by atoms with Crippen LogP contribution in [0.2, 0.25) is 0 Å². The number of sulfonamides is 1. The van der Waals surface area contributed by atoms with Gasteiger partial charge in [0.2, 0.25) is 10.0 Å². The minimum Gasteiger partial charge on any atom is -0.397 e. The molecule has 4 N–H and O–H groups in total. The number of primary sulfonamides is 1. The summed E-state index contributed by atoms with van der Waals surface area (Å²) in [6.07, 6.45) is 1.15. The number of nitrogens with two attached hydrogens (primary N) is 2. The molecule has 1 heterocycles. The van der Waals surface area contributed by atoms with E-state index in [1.165, 1.54) is 6.07 Å². The average molecular weight is 298 g/mol. The van der Waals surface area contributed by atoms with Crippen molar-refractivity contribution in [1.82, 2.24) is 4.90 Å². The van der Waals surface area contributed by atoms with Crippen molar-refractivity contribution in [3.05, 3.63) is 18.2 Å². The number of anilines is 2. The minimum absolute atomic E-state index is 0.0945. The molecule has 0 aromatic heterocycles. The van der Waals surface area contributed by atoms with Crippen LogP contribution >= 0.6 is 0 Å². The van der Waals surface area contributed by atoms with Crippen molar-refractivity contribution >= 4 is 21.4 Å². The second-order valence-corrected chi connectivity index (χ2v) is 7.12. The van der Waals surface area contributed by atoms with Gasteiger partial charge < -0.3 is 15.5 Å². The van der Waals surface area contributed by atoms with Crippen molar-refractivity contribution in [2.24, 2.45) is 11.1 Å². The van der Waals surface area contributed by atoms with E-state index in [1.54, 1.807) is 12.1 Å². The Morgan fingerprint density at radius 1 is 1.45 bits per heavy atom. The van der Waals surface area contributed by atoms with Gasteiger partial charge in [-0.3, -0.25) is 0 Å². The van der Waals surface area contributed by atoms with Crippen LogP contribution in [0, 0.1) is 5.92 Å². The summed E-state index contributed by atoms with van der Waals surface area (Å²) in [6.45, 7) is 3.01. The lowest BCUT2D eigenvalue weighted by Gasteiger charge is -2.25. The van der Waals surface area contributed by atoms with Crippen LogP contribution in [0.25, 0.3) is 0 Å². The fourth-order valence-corrected chi connectivity index (χ4v) is 3.23. The number of nitrogens with zero attached hydrogens (tertiary/aromatic N) is 2. The third-order valence-corrected chi connectivity index (χ3v) is 4.67. The molecule has 0 radical (unpaired) electrons. The normalized spacial score (nSPS) is 20.2. The fourth-order valence-electron chi connectivity index (χ4n) is 2.69. The van der Waals surface area contributed by atoms with E-state index in [9.17, 15) is 8.42 Å². The van der Waals surface area contributed by atoms with Gasteiger partial charge in [0.1, 0.15) is 0 Å². The molecule has 1 fully saturated rings. The molecule has 0 spiro atoms. The molecule has 7 heteroatoms. The summed E-state index contributed by atoms with van der Waals surface area (Å²) in [4.78, 5) is 4.40. The van der Waals surface area contributed by atoms with Crippen molar-refractivity contribution in [3.8, 4) is 0 Å². The van der Waals surface area contributed by atoms with Crippen LogP contribution in [0.15, 0.2) is 23.1 Å². The smallest absolute Gasteiger partial charge is 0.238 e. The van der Waals surface area contributed by atoms with E-state index in [1.807, 2.05) is 11.9 Å². The van der Waals surface area contributed by atoms with Crippen LogP contribution in [0.4, 0.5) is 11.4 Å². The molecule has 2 rings (SSSR count). The standard InChI is InChI=1S/C13H22N4O2S/c1-16-6-5-10(8-16)9-17(2)13-7-11(20(15,18)19)3-4-12(13)14/h3-4,7,10H,5-6,8-9,14H2,1-2H3,(H2,15,18,19). The van der Waals surface area contributed by atoms with Crippen LogP contribution in [-0.2, 0) is 10.0 Å². The molecule has 112 valence electrons. The summed E-state index contributed by atoms with van der Waals surface area (Å²) in [5.74, 6) is 0.572. The Hall–Kier alpha value is -1.31. The number of hydrogen-bond donors (Lipinski definition) is 2. The molecular weight excluding hydrogens is 276 g/mol. The molecule has 0 aliphatic carbocycles. The van der Waals surface area contributed by atoms with Crippen molar-refractivity contribution in [2.75, 3.05) is 44.4 Å². The number of benzene rings is 1. The zero-order chi connectivity index (χ0) is 14.9. The second-order valence-electron chi connectivity index (χ2n) is 5.56. The molecule has 20 heavy (non-hydrogen) atoms. The molecule has 1 aromatic carbocycles. The summed E-state index contributed by atoms with van der Waals surface area (Å²) in [5.41, 5.74) is 7.22. The minimum atomic E-state index is -3.70. The maximum absolute atomic E-state index is 11.4. The van der Waals surface area contributed by atoms with Gasteiger partial charge in [-0.15, -0.1) is 0 Å². The first-order valence-corrected chi connectivity index (χ1v) is 8.14. The molecule has 1 atom stereocenters. The van der Waals surface area contributed by atoms with Crippen LogP contribution in [-0.4, -0.2) is 47.0 Å². The predicted octanol–water partition coefficient (Wildman–Crippen LogP) is 0.304. The molecule has 1 aromatic rings. The van der Waals surface area contributed by atoms with Gasteiger partial charge >= 0.3 is 0 Å². The Bertz CT molecular complexity index is 588. The van der Waals surface area contributed by atoms with Gasteiger partial charge in [-0.1, -0.05) is 0 Å². The third kappa shape index (κ3) is 3.41. The SMILES string of the molecule is CN1CCC(CN(C)c2cc(S(N)(=O)=O)ccc2N)C1. The Kier molecular flexibility index (Phi) is 4.22. The highest BCUT2D eigenvalue weighted by Gasteiger charge is 2.22. The third-order valence-electron chi connectivity index (χ3n) is 3.76. The zero-order valence-electron chi connectivity index (χ0n) is 11.9.